The van der Waals surface area contributed by atoms with Crippen LogP contribution in [-0.4, -0.2) is 54.9 Å². The molecule has 0 radical (unpaired) electrons. The normalized spacial score (nSPS) is 13.8. The lowest BCUT2D eigenvalue weighted by Crippen LogP contribution is -2.38. The number of nitrogens with one attached hydrogen (secondary N) is 1. The van der Waals surface area contributed by atoms with Gasteiger partial charge in [-0.25, -0.2) is 15.0 Å². The van der Waals surface area contributed by atoms with Crippen molar-refractivity contribution in [3.05, 3.63) is 108 Å². The molecule has 9 nitrogen and oxygen atoms in total. The summed E-state index contributed by atoms with van der Waals surface area (Å²) in [6, 6.07) is 21.8. The van der Waals surface area contributed by atoms with Gasteiger partial charge in [-0.2, -0.15) is 0 Å². The van der Waals surface area contributed by atoms with E-state index in [2.05, 4.69) is 56.2 Å². The Bertz CT molecular complexity index is 1890. The number of carbonyl (C=O) groups is 1. The summed E-state index contributed by atoms with van der Waals surface area (Å²) in [7, 11) is 0. The molecular formula is C40H49N7O2. The molecule has 0 amide bonds. The highest BCUT2D eigenvalue weighted by molar-refractivity contribution is 5.85. The molecule has 1 fully saturated rings. The van der Waals surface area contributed by atoms with Gasteiger partial charge in [-0.15, -0.1) is 0 Å². The van der Waals surface area contributed by atoms with Gasteiger partial charge in [0.1, 0.15) is 17.1 Å². The number of benzene rings is 2. The van der Waals surface area contributed by atoms with Crippen LogP contribution in [-0.2, 0) is 6.54 Å². The largest absolute Gasteiger partial charge is 0.507 e. The molecule has 2 aromatic carbocycles. The second kappa shape index (κ2) is 17.8. The molecule has 6 rings (SSSR count). The molecule has 0 aliphatic carbocycles. The van der Waals surface area contributed by atoms with Crippen LogP contribution in [0.3, 0.4) is 0 Å². The monoisotopic (exact) mass is 659 g/mol. The summed E-state index contributed by atoms with van der Waals surface area (Å²) < 4.78 is 2.06. The van der Waals surface area contributed by atoms with E-state index in [9.17, 15) is 9.90 Å². The van der Waals surface area contributed by atoms with Crippen LogP contribution < -0.4 is 11.1 Å². The number of imidazole rings is 1. The number of aromatic nitrogens is 4. The number of rotatable bonds is 9. The number of nitrogens with two attached hydrogens (primary N) is 1. The van der Waals surface area contributed by atoms with Gasteiger partial charge >= 0.3 is 0 Å². The SMILES string of the molecule is C/C=C\C(=C/C)c1ccc2nc(-c3cccnc3N)n(-c3ccc(CN4CCC(Nc5ccc(C=O)c(O)c5)CC4)cc3)c2n1.CC.CC. The van der Waals surface area contributed by atoms with Gasteiger partial charge < -0.3 is 16.2 Å². The summed E-state index contributed by atoms with van der Waals surface area (Å²) in [4.78, 5) is 27.8. The Hall–Kier alpha value is -5.28. The quantitative estimate of drug-likeness (QED) is 0.106. The minimum Gasteiger partial charge on any atom is -0.507 e. The van der Waals surface area contributed by atoms with Crippen molar-refractivity contribution in [1.29, 1.82) is 0 Å². The molecule has 256 valence electrons. The number of phenols is 1. The molecule has 0 saturated carbocycles. The summed E-state index contributed by atoms with van der Waals surface area (Å²) in [5.41, 5.74) is 13.8. The first-order valence-corrected chi connectivity index (χ1v) is 17.2. The van der Waals surface area contributed by atoms with Crippen LogP contribution in [0.15, 0.2) is 91.2 Å². The second-order valence-corrected chi connectivity index (χ2v) is 11.2. The van der Waals surface area contributed by atoms with Crippen LogP contribution in [0.2, 0.25) is 0 Å². The first-order valence-electron chi connectivity index (χ1n) is 17.2. The summed E-state index contributed by atoms with van der Waals surface area (Å²) >= 11 is 0. The Kier molecular flexibility index (Phi) is 13.2. The molecule has 9 heteroatoms. The zero-order chi connectivity index (χ0) is 35.3. The van der Waals surface area contributed by atoms with Crippen LogP contribution >= 0.6 is 0 Å². The maximum Gasteiger partial charge on any atom is 0.165 e. The van der Waals surface area contributed by atoms with Crippen LogP contribution in [0.25, 0.3) is 33.8 Å². The molecule has 4 N–H and O–H groups in total. The predicted octanol–water partition coefficient (Wildman–Crippen LogP) is 8.69. The third kappa shape index (κ3) is 8.61. The van der Waals surface area contributed by atoms with Gasteiger partial charge in [0.25, 0.3) is 0 Å². The first-order chi connectivity index (χ1) is 24.0. The zero-order valence-corrected chi connectivity index (χ0v) is 29.5. The summed E-state index contributed by atoms with van der Waals surface area (Å²) in [5, 5.41) is 13.5. The van der Waals surface area contributed by atoms with Crippen molar-refractivity contribution < 1.29 is 9.90 Å². The Labute approximate surface area is 290 Å². The molecule has 0 spiro atoms. The number of fused-ring (bicyclic) bond motifs is 1. The molecule has 1 saturated heterocycles. The summed E-state index contributed by atoms with van der Waals surface area (Å²) in [6.45, 7) is 14.8. The number of aldehydes is 1. The highest BCUT2D eigenvalue weighted by atomic mass is 16.3. The molecule has 5 aromatic rings. The number of nitrogen functional groups attached to an aromatic ring is 1. The third-order valence-electron chi connectivity index (χ3n) is 8.25. The fourth-order valence-electron chi connectivity index (χ4n) is 5.87. The number of phenolic OH excluding ortho intramolecular Hbond substituents is 1. The molecule has 49 heavy (non-hydrogen) atoms. The first kappa shape index (κ1) is 36.6. The van der Waals surface area contributed by atoms with E-state index < -0.39 is 0 Å². The Morgan fingerprint density at radius 3 is 2.35 bits per heavy atom. The number of piperidine rings is 1. The number of likely N-dealkylation sites (tertiary alicyclic amines) is 1. The summed E-state index contributed by atoms with van der Waals surface area (Å²) in [5.74, 6) is 1.12. The fraction of sp³-hybridized carbons (Fsp3) is 0.300. The van der Waals surface area contributed by atoms with Gasteiger partial charge in [-0.05, 0) is 86.4 Å². The average Bonchev–Trinajstić information content (AvgIpc) is 3.52. The smallest absolute Gasteiger partial charge is 0.165 e. The third-order valence-corrected chi connectivity index (χ3v) is 8.25. The molecule has 0 bridgehead atoms. The fourth-order valence-corrected chi connectivity index (χ4v) is 5.87. The standard InChI is InChI=1S/C36H37N7O2.2C2H6/c1-3-6-25(4-2)31-14-15-32-36(40-31)43(35(41-32)30-7-5-18-38-34(30)37)29-12-8-24(9-13-29)22-42-19-16-27(17-20-42)39-28-11-10-26(23-44)33(45)21-28;2*1-2/h3-15,18,21,23,27,39,45H,16-17,19-20,22H2,1-2H3,(H2,37,38);2*1-2H3/b6-3-,25-4+;;. The van der Waals surface area contributed by atoms with Gasteiger partial charge in [0, 0.05) is 49.3 Å². The number of carbonyl (C=O) groups excluding carboxylic acids is 1. The number of aromatic hydroxyl groups is 1. The number of hydrogen-bond donors (Lipinski definition) is 3. The highest BCUT2D eigenvalue weighted by Gasteiger charge is 2.21. The molecule has 0 atom stereocenters. The number of anilines is 2. The lowest BCUT2D eigenvalue weighted by molar-refractivity contribution is 0.112. The number of pyridine rings is 2. The van der Waals surface area contributed by atoms with Crippen molar-refractivity contribution in [2.45, 2.75) is 67.0 Å². The highest BCUT2D eigenvalue weighted by Crippen LogP contribution is 2.32. The van der Waals surface area contributed by atoms with E-state index in [0.29, 0.717) is 29.5 Å². The average molecular weight is 660 g/mol. The maximum absolute atomic E-state index is 11.0. The topological polar surface area (TPSA) is 122 Å². The number of hydrogen-bond acceptors (Lipinski definition) is 8. The van der Waals surface area contributed by atoms with Crippen LogP contribution in [0.1, 0.15) is 76.0 Å². The molecular weight excluding hydrogens is 610 g/mol. The van der Waals surface area contributed by atoms with Gasteiger partial charge in [0.05, 0.1) is 16.8 Å². The Balaban J connectivity index is 0.00000130. The van der Waals surface area contributed by atoms with E-state index >= 15 is 0 Å². The van der Waals surface area contributed by atoms with E-state index in [1.54, 1.807) is 18.3 Å². The van der Waals surface area contributed by atoms with Crippen LogP contribution in [0.5, 0.6) is 5.75 Å². The Morgan fingerprint density at radius 1 is 0.980 bits per heavy atom. The predicted molar refractivity (Wildman–Crippen MR) is 203 cm³/mol. The summed E-state index contributed by atoms with van der Waals surface area (Å²) in [6.07, 6.45) is 10.4. The zero-order valence-electron chi connectivity index (χ0n) is 29.5. The van der Waals surface area contributed by atoms with Gasteiger partial charge in [-0.3, -0.25) is 14.3 Å². The van der Waals surface area contributed by atoms with Crippen LogP contribution in [0.4, 0.5) is 11.5 Å². The Morgan fingerprint density at radius 2 is 1.71 bits per heavy atom. The van der Waals surface area contributed by atoms with Crippen molar-refractivity contribution in [3.8, 4) is 22.8 Å². The van der Waals surface area contributed by atoms with Crippen LogP contribution in [0, 0.1) is 0 Å². The van der Waals surface area contributed by atoms with E-state index in [4.69, 9.17) is 15.7 Å². The second-order valence-electron chi connectivity index (χ2n) is 11.2. The lowest BCUT2D eigenvalue weighted by Gasteiger charge is -2.33. The van der Waals surface area contributed by atoms with E-state index in [0.717, 1.165) is 71.8 Å². The minimum atomic E-state index is 0.00279. The lowest BCUT2D eigenvalue weighted by atomic mass is 10.0. The molecule has 1 aliphatic heterocycles. The van der Waals surface area contributed by atoms with E-state index in [-0.39, 0.29) is 5.75 Å². The van der Waals surface area contributed by atoms with Crippen molar-refractivity contribution in [1.82, 2.24) is 24.4 Å². The van der Waals surface area contributed by atoms with Gasteiger partial charge in [0.15, 0.2) is 17.8 Å². The van der Waals surface area contributed by atoms with Crippen molar-refractivity contribution in [2.75, 3.05) is 24.1 Å². The van der Waals surface area contributed by atoms with Crippen molar-refractivity contribution in [2.24, 2.45) is 0 Å². The van der Waals surface area contributed by atoms with Gasteiger partial charge in [-0.1, -0.05) is 58.1 Å². The molecule has 4 heterocycles. The van der Waals surface area contributed by atoms with E-state index in [1.807, 2.05) is 78.0 Å². The van der Waals surface area contributed by atoms with Crippen molar-refractivity contribution >= 4 is 34.5 Å². The molecule has 0 unspecified atom stereocenters. The van der Waals surface area contributed by atoms with E-state index in [1.165, 1.54) is 5.56 Å². The maximum atomic E-state index is 11.0. The molecule has 1 aliphatic rings. The van der Waals surface area contributed by atoms with Crippen molar-refractivity contribution in [3.63, 3.8) is 0 Å². The number of nitrogens with zero attached hydrogens (tertiary/aromatic N) is 5. The molecule has 3 aromatic heterocycles. The van der Waals surface area contributed by atoms with Gasteiger partial charge in [0.2, 0.25) is 0 Å². The minimum absolute atomic E-state index is 0.00279. The number of allylic oxidation sites excluding steroid dienone is 4.